The van der Waals surface area contributed by atoms with E-state index in [9.17, 15) is 4.79 Å². The number of fused-ring (bicyclic) bond motifs is 1. The smallest absolute Gasteiger partial charge is 0.269 e. The maximum Gasteiger partial charge on any atom is 0.269 e. The van der Waals surface area contributed by atoms with Crippen LogP contribution < -0.4 is 4.90 Å². The van der Waals surface area contributed by atoms with Gasteiger partial charge in [0.2, 0.25) is 0 Å². The summed E-state index contributed by atoms with van der Waals surface area (Å²) in [6.07, 6.45) is 0. The summed E-state index contributed by atoms with van der Waals surface area (Å²) in [4.78, 5) is 22.8. The van der Waals surface area contributed by atoms with Crippen LogP contribution in [0.15, 0.2) is 66.8 Å². The first-order valence-corrected chi connectivity index (χ1v) is 10.5. The summed E-state index contributed by atoms with van der Waals surface area (Å²) < 4.78 is 0.994. The van der Waals surface area contributed by atoms with Gasteiger partial charge < -0.3 is 4.90 Å². The van der Waals surface area contributed by atoms with Crippen LogP contribution in [0.3, 0.4) is 0 Å². The Morgan fingerprint density at radius 3 is 2.50 bits per heavy atom. The number of likely N-dealkylation sites (N-methyl/N-ethyl adjacent to an activating group) is 1. The standard InChI is InChI=1S/C18H13BrClN3OS2/c1-22-13-9-11(20)5-8-14(13)25-17(22)15-16(24)23(2)18(26-15)21-12-6-3-10(19)4-7-12/h3-9H,1-2H3/b17-15-,21-18?. The minimum atomic E-state index is -0.0425. The Labute approximate surface area is 173 Å². The normalized spacial score (nSPS) is 21.1. The van der Waals surface area contributed by atoms with Gasteiger partial charge in [-0.15, -0.1) is 0 Å². The van der Waals surface area contributed by atoms with Gasteiger partial charge in [-0.25, -0.2) is 4.99 Å². The van der Waals surface area contributed by atoms with Crippen molar-refractivity contribution < 1.29 is 4.79 Å². The lowest BCUT2D eigenvalue weighted by Gasteiger charge is -2.14. The summed E-state index contributed by atoms with van der Waals surface area (Å²) in [6.45, 7) is 0. The van der Waals surface area contributed by atoms with Crippen molar-refractivity contribution >= 4 is 73.5 Å². The Morgan fingerprint density at radius 1 is 1.04 bits per heavy atom. The molecule has 0 unspecified atom stereocenters. The van der Waals surface area contributed by atoms with Crippen LogP contribution in [-0.4, -0.2) is 30.1 Å². The molecule has 2 aromatic carbocycles. The highest BCUT2D eigenvalue weighted by molar-refractivity contribution is 9.10. The predicted molar refractivity (Wildman–Crippen MR) is 114 cm³/mol. The van der Waals surface area contributed by atoms with Crippen molar-refractivity contribution in [2.45, 2.75) is 4.90 Å². The second-order valence-corrected chi connectivity index (χ2v) is 9.10. The Hall–Kier alpha value is -1.41. The van der Waals surface area contributed by atoms with Crippen molar-refractivity contribution in [2.24, 2.45) is 4.99 Å². The van der Waals surface area contributed by atoms with Crippen molar-refractivity contribution in [2.75, 3.05) is 19.0 Å². The number of halogens is 2. The number of nitrogens with zero attached hydrogens (tertiary/aromatic N) is 3. The Bertz CT molecular complexity index is 975. The van der Waals surface area contributed by atoms with E-state index in [0.29, 0.717) is 15.1 Å². The second-order valence-electron chi connectivity index (χ2n) is 5.74. The molecular formula is C18H13BrClN3OS2. The number of anilines is 1. The molecule has 132 valence electrons. The zero-order valence-corrected chi connectivity index (χ0v) is 17.8. The zero-order chi connectivity index (χ0) is 18.4. The zero-order valence-electron chi connectivity index (χ0n) is 13.9. The molecule has 0 spiro atoms. The van der Waals surface area contributed by atoms with E-state index < -0.39 is 0 Å². The van der Waals surface area contributed by atoms with Gasteiger partial charge in [0.05, 0.1) is 16.4 Å². The second kappa shape index (κ2) is 6.96. The Balaban J connectivity index is 1.69. The first-order valence-electron chi connectivity index (χ1n) is 7.69. The lowest BCUT2D eigenvalue weighted by Crippen LogP contribution is -2.24. The molecule has 0 radical (unpaired) electrons. The highest BCUT2D eigenvalue weighted by atomic mass is 79.9. The minimum absolute atomic E-state index is 0.0425. The molecule has 0 atom stereocenters. The number of carbonyl (C=O) groups is 1. The number of benzene rings is 2. The van der Waals surface area contributed by atoms with Crippen molar-refractivity contribution in [1.29, 1.82) is 0 Å². The highest BCUT2D eigenvalue weighted by Crippen LogP contribution is 2.50. The molecule has 1 saturated heterocycles. The number of thioether (sulfide) groups is 2. The Morgan fingerprint density at radius 2 is 1.77 bits per heavy atom. The molecule has 8 heteroatoms. The largest absolute Gasteiger partial charge is 0.337 e. The third-order valence-corrected chi connectivity index (χ3v) is 7.27. The fourth-order valence-corrected chi connectivity index (χ4v) is 5.36. The average Bonchev–Trinajstić information content (AvgIpc) is 3.08. The van der Waals surface area contributed by atoms with E-state index in [2.05, 4.69) is 20.9 Å². The number of rotatable bonds is 1. The van der Waals surface area contributed by atoms with Gasteiger partial charge >= 0.3 is 0 Å². The summed E-state index contributed by atoms with van der Waals surface area (Å²) >= 11 is 12.5. The van der Waals surface area contributed by atoms with Gasteiger partial charge in [0.1, 0.15) is 4.91 Å². The summed E-state index contributed by atoms with van der Waals surface area (Å²) in [7, 11) is 3.71. The lowest BCUT2D eigenvalue weighted by molar-refractivity contribution is -0.121. The van der Waals surface area contributed by atoms with Crippen molar-refractivity contribution in [3.63, 3.8) is 0 Å². The Kier molecular flexibility index (Phi) is 4.81. The average molecular weight is 467 g/mol. The van der Waals surface area contributed by atoms with E-state index in [1.54, 1.807) is 23.7 Å². The van der Waals surface area contributed by atoms with Crippen LogP contribution >= 0.6 is 51.1 Å². The van der Waals surface area contributed by atoms with Gasteiger partial charge in [0.25, 0.3) is 5.91 Å². The van der Waals surface area contributed by atoms with Crippen molar-refractivity contribution in [3.8, 4) is 0 Å². The van der Waals surface area contributed by atoms with E-state index in [-0.39, 0.29) is 5.91 Å². The van der Waals surface area contributed by atoms with Gasteiger partial charge in [0, 0.05) is 28.5 Å². The fourth-order valence-electron chi connectivity index (χ4n) is 2.62. The number of hydrogen-bond donors (Lipinski definition) is 0. The number of hydrogen-bond acceptors (Lipinski definition) is 5. The molecule has 26 heavy (non-hydrogen) atoms. The van der Waals surface area contributed by atoms with Crippen LogP contribution in [-0.2, 0) is 4.79 Å². The van der Waals surface area contributed by atoms with E-state index in [1.165, 1.54) is 11.8 Å². The van der Waals surface area contributed by atoms with Crippen molar-refractivity contribution in [3.05, 3.63) is 61.9 Å². The van der Waals surface area contributed by atoms with Gasteiger partial charge in [0.15, 0.2) is 5.17 Å². The molecule has 4 rings (SSSR count). The van der Waals surface area contributed by atoms with Crippen LogP contribution in [0.5, 0.6) is 0 Å². The van der Waals surface area contributed by atoms with Gasteiger partial charge in [-0.2, -0.15) is 0 Å². The third-order valence-electron chi connectivity index (χ3n) is 4.02. The molecule has 2 heterocycles. The number of amidine groups is 1. The summed E-state index contributed by atoms with van der Waals surface area (Å²) in [5, 5.41) is 2.26. The van der Waals surface area contributed by atoms with E-state index in [4.69, 9.17) is 11.6 Å². The fraction of sp³-hybridized carbons (Fsp3) is 0.111. The molecule has 0 aromatic heterocycles. The van der Waals surface area contributed by atoms with Crippen molar-refractivity contribution in [1.82, 2.24) is 4.90 Å². The minimum Gasteiger partial charge on any atom is -0.337 e. The van der Waals surface area contributed by atoms with Gasteiger partial charge in [-0.05, 0) is 54.2 Å². The van der Waals surface area contributed by atoms with Crippen LogP contribution in [0, 0.1) is 0 Å². The molecule has 4 nitrogen and oxygen atoms in total. The third kappa shape index (κ3) is 3.17. The monoisotopic (exact) mass is 465 g/mol. The van der Waals surface area contributed by atoms with Crippen LogP contribution in [0.2, 0.25) is 5.02 Å². The molecule has 1 amide bonds. The topological polar surface area (TPSA) is 35.9 Å². The summed E-state index contributed by atoms with van der Waals surface area (Å²) in [5.41, 5.74) is 1.82. The lowest BCUT2D eigenvalue weighted by atomic mass is 10.3. The van der Waals surface area contributed by atoms with E-state index in [1.807, 2.05) is 54.4 Å². The maximum atomic E-state index is 12.8. The molecule has 0 saturated carbocycles. The van der Waals surface area contributed by atoms with Gasteiger partial charge in [-0.3, -0.25) is 9.69 Å². The van der Waals surface area contributed by atoms with Crippen LogP contribution in [0.1, 0.15) is 0 Å². The molecule has 2 aliphatic heterocycles. The van der Waals surface area contributed by atoms with Crippen LogP contribution in [0.25, 0.3) is 0 Å². The molecular weight excluding hydrogens is 454 g/mol. The molecule has 0 bridgehead atoms. The summed E-state index contributed by atoms with van der Waals surface area (Å²) in [5.74, 6) is -0.0425. The molecule has 1 fully saturated rings. The SMILES string of the molecule is CN1C(=O)/C(=C2/Sc3ccc(Cl)cc3N2C)SC1=Nc1ccc(Br)cc1. The predicted octanol–water partition coefficient (Wildman–Crippen LogP) is 5.71. The van der Waals surface area contributed by atoms with Crippen LogP contribution in [0.4, 0.5) is 11.4 Å². The molecule has 0 aliphatic carbocycles. The molecule has 2 aliphatic rings. The molecule has 2 aromatic rings. The van der Waals surface area contributed by atoms with Gasteiger partial charge in [-0.1, -0.05) is 39.3 Å². The highest BCUT2D eigenvalue weighted by Gasteiger charge is 2.37. The maximum absolute atomic E-state index is 12.8. The van der Waals surface area contributed by atoms with E-state index in [0.717, 1.165) is 25.8 Å². The first kappa shape index (κ1) is 18.0. The number of carbonyl (C=O) groups excluding carboxylic acids is 1. The number of amides is 1. The number of aliphatic imine (C=N–C) groups is 1. The quantitative estimate of drug-likeness (QED) is 0.505. The first-order chi connectivity index (χ1) is 12.4. The molecule has 0 N–H and O–H groups in total. The summed E-state index contributed by atoms with van der Waals surface area (Å²) in [6, 6.07) is 13.5. The van der Waals surface area contributed by atoms with E-state index >= 15 is 0 Å².